The highest BCUT2D eigenvalue weighted by atomic mass is 35.5. The van der Waals surface area contributed by atoms with Crippen LogP contribution in [0.1, 0.15) is 75.3 Å². The number of aliphatic carboxylic acids is 1. The van der Waals surface area contributed by atoms with Crippen molar-refractivity contribution in [3.05, 3.63) is 64.2 Å². The fourth-order valence-corrected chi connectivity index (χ4v) is 6.96. The number of rotatable bonds is 9. The third kappa shape index (κ3) is 16.0. The van der Waals surface area contributed by atoms with Crippen LogP contribution >= 0.6 is 47.3 Å². The number of thioether (sulfide) groups is 1. The molecular formula is C35H56ClN7O3S3. The lowest BCUT2D eigenvalue weighted by atomic mass is 9.96. The molecule has 2 aliphatic heterocycles. The number of carboxylic acid groups (broad SMARTS) is 1. The highest BCUT2D eigenvalue weighted by Gasteiger charge is 2.28. The molecule has 49 heavy (non-hydrogen) atoms. The van der Waals surface area contributed by atoms with E-state index >= 15 is 0 Å². The largest absolute Gasteiger partial charge is 0.480 e. The SMILES string of the molecule is C/C=C(\C)Cl.CC.CC.CS.Cc1cc(-n2ccnc2)ccc1CSc1nnc(C(=O)N2CCN(CC3CCN(CC(=O)O)CC3)CC2)s1. The minimum atomic E-state index is -0.753. The lowest BCUT2D eigenvalue weighted by Crippen LogP contribution is -2.50. The van der Waals surface area contributed by atoms with Crippen molar-refractivity contribution >= 4 is 59.2 Å². The molecule has 1 N–H and O–H groups in total. The van der Waals surface area contributed by atoms with Gasteiger partial charge in [-0.1, -0.05) is 74.5 Å². The van der Waals surface area contributed by atoms with Crippen LogP contribution in [0.3, 0.4) is 0 Å². The summed E-state index contributed by atoms with van der Waals surface area (Å²) < 4.78 is 2.79. The first-order valence-corrected chi connectivity index (χ1v) is 20.0. The molecule has 2 aliphatic rings. The average Bonchev–Trinajstić information content (AvgIpc) is 3.85. The first-order chi connectivity index (χ1) is 23.7. The number of aryl methyl sites for hydroxylation is 1. The van der Waals surface area contributed by atoms with E-state index in [-0.39, 0.29) is 12.5 Å². The molecule has 0 bridgehead atoms. The summed E-state index contributed by atoms with van der Waals surface area (Å²) in [5.74, 6) is 0.581. The van der Waals surface area contributed by atoms with Crippen molar-refractivity contribution < 1.29 is 14.7 Å². The van der Waals surface area contributed by atoms with E-state index in [1.807, 2.05) is 68.2 Å². The summed E-state index contributed by atoms with van der Waals surface area (Å²) in [6.45, 7) is 19.8. The summed E-state index contributed by atoms with van der Waals surface area (Å²) in [7, 11) is 0. The first kappa shape index (κ1) is 44.6. The van der Waals surface area contributed by atoms with Crippen LogP contribution in [-0.4, -0.2) is 110 Å². The number of benzene rings is 1. The summed E-state index contributed by atoms with van der Waals surface area (Å²) in [4.78, 5) is 34.4. The number of hydrogen-bond acceptors (Lipinski definition) is 10. The van der Waals surface area contributed by atoms with E-state index in [1.165, 1.54) is 22.5 Å². The number of imidazole rings is 1. The van der Waals surface area contributed by atoms with E-state index < -0.39 is 5.97 Å². The van der Waals surface area contributed by atoms with Gasteiger partial charge in [0, 0.05) is 61.6 Å². The highest BCUT2D eigenvalue weighted by molar-refractivity contribution is 8.00. The molecule has 2 aromatic heterocycles. The van der Waals surface area contributed by atoms with E-state index in [4.69, 9.17) is 16.7 Å². The highest BCUT2D eigenvalue weighted by Crippen LogP contribution is 2.29. The Morgan fingerprint density at radius 3 is 2.20 bits per heavy atom. The Bertz CT molecular complexity index is 1370. The van der Waals surface area contributed by atoms with Gasteiger partial charge >= 0.3 is 5.97 Å². The van der Waals surface area contributed by atoms with Gasteiger partial charge in [0.15, 0.2) is 4.34 Å². The van der Waals surface area contributed by atoms with Crippen LogP contribution < -0.4 is 0 Å². The maximum atomic E-state index is 13.1. The number of amides is 1. The third-order valence-corrected chi connectivity index (χ3v) is 10.0. The zero-order valence-electron chi connectivity index (χ0n) is 30.4. The van der Waals surface area contributed by atoms with Crippen LogP contribution in [0.4, 0.5) is 0 Å². The summed E-state index contributed by atoms with van der Waals surface area (Å²) >= 11 is 11.8. The molecule has 0 spiro atoms. The van der Waals surface area contributed by atoms with Crippen molar-refractivity contribution in [3.63, 3.8) is 0 Å². The van der Waals surface area contributed by atoms with Gasteiger partial charge in [-0.25, -0.2) is 4.98 Å². The van der Waals surface area contributed by atoms with Crippen LogP contribution in [0.5, 0.6) is 0 Å². The Morgan fingerprint density at radius 1 is 1.04 bits per heavy atom. The predicted octanol–water partition coefficient (Wildman–Crippen LogP) is 7.63. The van der Waals surface area contributed by atoms with E-state index in [2.05, 4.69) is 57.8 Å². The van der Waals surface area contributed by atoms with Crippen molar-refractivity contribution in [2.75, 3.05) is 58.6 Å². The number of piperidine rings is 1. The lowest BCUT2D eigenvalue weighted by Gasteiger charge is -2.38. The molecule has 2 fully saturated rings. The molecule has 5 rings (SSSR count). The van der Waals surface area contributed by atoms with Crippen molar-refractivity contribution in [1.82, 2.24) is 34.4 Å². The molecule has 0 aliphatic carbocycles. The molecule has 0 atom stereocenters. The Kier molecular flexibility index (Phi) is 23.2. The molecule has 0 radical (unpaired) electrons. The van der Waals surface area contributed by atoms with Gasteiger partial charge in [-0.05, 0) is 82.1 Å². The molecular weight excluding hydrogens is 698 g/mol. The number of carboxylic acids is 1. The van der Waals surface area contributed by atoms with Gasteiger partial charge in [-0.3, -0.25) is 19.4 Å². The number of nitrogens with zero attached hydrogens (tertiary/aromatic N) is 7. The third-order valence-electron chi connectivity index (χ3n) is 7.71. The second-order valence-electron chi connectivity index (χ2n) is 10.8. The van der Waals surface area contributed by atoms with E-state index in [0.717, 1.165) is 66.4 Å². The van der Waals surface area contributed by atoms with Gasteiger partial charge in [-0.2, -0.15) is 12.6 Å². The quantitative estimate of drug-likeness (QED) is 0.169. The molecule has 2 saturated heterocycles. The number of likely N-dealkylation sites (tertiary alicyclic amines) is 1. The number of hydrogen-bond donors (Lipinski definition) is 2. The second-order valence-corrected chi connectivity index (χ2v) is 13.6. The number of carbonyl (C=O) groups is 2. The zero-order valence-corrected chi connectivity index (χ0v) is 33.7. The number of allylic oxidation sites excluding steroid dienone is 2. The average molecular weight is 755 g/mol. The minimum Gasteiger partial charge on any atom is -0.480 e. The number of thiol groups is 1. The Hall–Kier alpha value is -2.42. The normalized spacial score (nSPS) is 15.3. The minimum absolute atomic E-state index is 0.0307. The van der Waals surface area contributed by atoms with Crippen LogP contribution in [-0.2, 0) is 10.5 Å². The summed E-state index contributed by atoms with van der Waals surface area (Å²) in [6.07, 6.45) is 11.1. The predicted molar refractivity (Wildman–Crippen MR) is 210 cm³/mol. The molecule has 0 unspecified atom stereocenters. The molecule has 1 aromatic carbocycles. The Balaban J connectivity index is 0.000000973. The van der Waals surface area contributed by atoms with Crippen LogP contribution in [0.25, 0.3) is 5.69 Å². The fraction of sp³-hybridized carbons (Fsp3) is 0.571. The lowest BCUT2D eigenvalue weighted by molar-refractivity contribution is -0.138. The van der Waals surface area contributed by atoms with E-state index in [9.17, 15) is 9.59 Å². The van der Waals surface area contributed by atoms with Gasteiger partial charge in [0.05, 0.1) is 12.9 Å². The standard InChI is InChI=1S/C26H33N7O3S2.C4H7Cl.2C2H6.CH4S/c1-19-14-22(33-9-6-27-18-33)3-2-21(19)17-37-26-29-28-24(38-26)25(36)32-12-10-31(11-13-32)15-20-4-7-30(8-5-20)16-23(34)35;1-3-4(2)5;3*1-2/h2-3,6,9,14,18,20H,4-5,7-8,10-13,15-17H2,1H3,(H,34,35);3H,1-2H3;2*1-2H3;2H,1H3/b;4-3+;;;. The van der Waals surface area contributed by atoms with Crippen molar-refractivity contribution in [1.29, 1.82) is 0 Å². The molecule has 1 amide bonds. The molecule has 0 saturated carbocycles. The van der Waals surface area contributed by atoms with Gasteiger partial charge in [0.2, 0.25) is 5.01 Å². The van der Waals surface area contributed by atoms with Crippen LogP contribution in [0, 0.1) is 12.8 Å². The maximum absolute atomic E-state index is 13.1. The first-order valence-electron chi connectivity index (χ1n) is 16.9. The summed E-state index contributed by atoms with van der Waals surface area (Å²) in [6, 6.07) is 6.36. The van der Waals surface area contributed by atoms with Crippen LogP contribution in [0.15, 0.2) is 52.4 Å². The van der Waals surface area contributed by atoms with Crippen molar-refractivity contribution in [2.24, 2.45) is 5.92 Å². The topological polar surface area (TPSA) is 108 Å². The molecule has 14 heteroatoms. The molecule has 4 heterocycles. The van der Waals surface area contributed by atoms with Gasteiger partial charge in [-0.15, -0.1) is 10.2 Å². The Morgan fingerprint density at radius 2 is 1.67 bits per heavy atom. The summed E-state index contributed by atoms with van der Waals surface area (Å²) in [5, 5.41) is 18.8. The molecule has 10 nitrogen and oxygen atoms in total. The van der Waals surface area contributed by atoms with Crippen molar-refractivity contribution in [3.8, 4) is 5.69 Å². The number of carbonyl (C=O) groups excluding carboxylic acids is 1. The number of piperazine rings is 1. The zero-order chi connectivity index (χ0) is 36.8. The summed E-state index contributed by atoms with van der Waals surface area (Å²) in [5.41, 5.74) is 3.51. The van der Waals surface area contributed by atoms with E-state index in [0.29, 0.717) is 24.0 Å². The molecule has 274 valence electrons. The Labute approximate surface area is 312 Å². The van der Waals surface area contributed by atoms with Crippen LogP contribution in [0.2, 0.25) is 0 Å². The number of halogens is 1. The maximum Gasteiger partial charge on any atom is 0.317 e. The monoisotopic (exact) mass is 753 g/mol. The fourth-order valence-electron chi connectivity index (χ4n) is 5.06. The number of aromatic nitrogens is 4. The van der Waals surface area contributed by atoms with Gasteiger partial charge in [0.1, 0.15) is 0 Å². The smallest absolute Gasteiger partial charge is 0.317 e. The molecule has 3 aromatic rings. The second kappa shape index (κ2) is 25.5. The van der Waals surface area contributed by atoms with Gasteiger partial charge in [0.25, 0.3) is 5.91 Å². The van der Waals surface area contributed by atoms with Crippen molar-refractivity contribution in [2.45, 2.75) is 71.4 Å². The van der Waals surface area contributed by atoms with E-state index in [1.54, 1.807) is 30.5 Å². The van der Waals surface area contributed by atoms with Gasteiger partial charge < -0.3 is 14.6 Å².